The van der Waals surface area contributed by atoms with Gasteiger partial charge in [-0.1, -0.05) is 48.9 Å². The van der Waals surface area contributed by atoms with Crippen molar-refractivity contribution in [1.82, 2.24) is 10.2 Å². The first-order chi connectivity index (χ1) is 15.1. The topological polar surface area (TPSA) is 58.6 Å². The molecule has 1 amide bonds. The molecule has 1 saturated heterocycles. The van der Waals surface area contributed by atoms with Gasteiger partial charge in [0.2, 0.25) is 0 Å². The number of hydrogen-bond acceptors (Lipinski definition) is 4. The maximum Gasteiger partial charge on any atom is 0.331 e. The molecule has 1 aliphatic heterocycles. The smallest absolute Gasteiger partial charge is 0.331 e. The first-order valence-corrected chi connectivity index (χ1v) is 11.1. The first-order valence-electron chi connectivity index (χ1n) is 11.1. The van der Waals surface area contributed by atoms with Crippen molar-refractivity contribution >= 4 is 18.0 Å². The lowest BCUT2D eigenvalue weighted by atomic mass is 9.75. The summed E-state index contributed by atoms with van der Waals surface area (Å²) in [7, 11) is 1.60. The highest BCUT2D eigenvalue weighted by molar-refractivity contribution is 5.94. The SMILES string of the molecule is CNC(=O)c1ccc(/C=C/C(=O)OC2[C@H]3CCC[C@H]2CN(Cc2ccccc2)C3)cc1. The van der Waals surface area contributed by atoms with E-state index in [2.05, 4.69) is 34.5 Å². The van der Waals surface area contributed by atoms with Crippen LogP contribution in [0.5, 0.6) is 0 Å². The fraction of sp³-hybridized carbons (Fsp3) is 0.385. The van der Waals surface area contributed by atoms with E-state index in [1.807, 2.05) is 18.2 Å². The summed E-state index contributed by atoms with van der Waals surface area (Å²) < 4.78 is 5.94. The Morgan fingerprint density at radius 2 is 1.71 bits per heavy atom. The lowest BCUT2D eigenvalue weighted by Crippen LogP contribution is -2.52. The Balaban J connectivity index is 1.34. The second-order valence-corrected chi connectivity index (χ2v) is 8.57. The summed E-state index contributed by atoms with van der Waals surface area (Å²) in [5.41, 5.74) is 2.79. The average Bonchev–Trinajstić information content (AvgIpc) is 2.78. The van der Waals surface area contributed by atoms with Gasteiger partial charge in [0, 0.05) is 50.2 Å². The van der Waals surface area contributed by atoms with E-state index in [-0.39, 0.29) is 18.0 Å². The molecule has 31 heavy (non-hydrogen) atoms. The van der Waals surface area contributed by atoms with Crippen molar-refractivity contribution in [2.75, 3.05) is 20.1 Å². The molecule has 1 N–H and O–H groups in total. The number of likely N-dealkylation sites (tertiary alicyclic amines) is 1. The van der Waals surface area contributed by atoms with Gasteiger partial charge < -0.3 is 10.1 Å². The fourth-order valence-electron chi connectivity index (χ4n) is 4.87. The monoisotopic (exact) mass is 418 g/mol. The second kappa shape index (κ2) is 9.92. The minimum absolute atomic E-state index is 0.00792. The first kappa shape index (κ1) is 21.3. The Bertz CT molecular complexity index is 909. The minimum Gasteiger partial charge on any atom is -0.459 e. The molecule has 2 aromatic rings. The second-order valence-electron chi connectivity index (χ2n) is 8.57. The molecule has 0 aromatic heterocycles. The summed E-state index contributed by atoms with van der Waals surface area (Å²) in [4.78, 5) is 26.7. The molecule has 1 heterocycles. The predicted octanol–water partition coefficient (Wildman–Crippen LogP) is 3.90. The van der Waals surface area contributed by atoms with E-state index in [0.29, 0.717) is 17.4 Å². The summed E-state index contributed by atoms with van der Waals surface area (Å²) in [5.74, 6) is 0.398. The number of fused-ring (bicyclic) bond motifs is 2. The van der Waals surface area contributed by atoms with Gasteiger partial charge in [0.05, 0.1) is 0 Å². The molecular weight excluding hydrogens is 388 g/mol. The van der Waals surface area contributed by atoms with Crippen molar-refractivity contribution < 1.29 is 14.3 Å². The summed E-state index contributed by atoms with van der Waals surface area (Å²) in [5, 5.41) is 2.60. The van der Waals surface area contributed by atoms with Crippen molar-refractivity contribution in [2.24, 2.45) is 11.8 Å². The molecule has 2 fully saturated rings. The van der Waals surface area contributed by atoms with Crippen LogP contribution in [0, 0.1) is 11.8 Å². The number of rotatable bonds is 6. The Kier molecular flexibility index (Phi) is 6.82. The average molecular weight is 419 g/mol. The van der Waals surface area contributed by atoms with Crippen molar-refractivity contribution in [3.8, 4) is 0 Å². The molecule has 2 aromatic carbocycles. The quantitative estimate of drug-likeness (QED) is 0.571. The van der Waals surface area contributed by atoms with Crippen LogP contribution in [-0.4, -0.2) is 43.0 Å². The largest absolute Gasteiger partial charge is 0.459 e. The molecule has 1 saturated carbocycles. The highest BCUT2D eigenvalue weighted by Gasteiger charge is 2.41. The number of amides is 1. The normalized spacial score (nSPS) is 23.5. The zero-order valence-electron chi connectivity index (χ0n) is 18.0. The molecule has 0 spiro atoms. The lowest BCUT2D eigenvalue weighted by Gasteiger charge is -2.46. The molecule has 0 unspecified atom stereocenters. The maximum atomic E-state index is 12.5. The zero-order chi connectivity index (χ0) is 21.6. The van der Waals surface area contributed by atoms with E-state index in [4.69, 9.17) is 4.74 Å². The highest BCUT2D eigenvalue weighted by Crippen LogP contribution is 2.37. The van der Waals surface area contributed by atoms with Crippen molar-refractivity contribution in [3.05, 3.63) is 77.4 Å². The molecule has 1 aliphatic carbocycles. The van der Waals surface area contributed by atoms with Gasteiger partial charge in [-0.3, -0.25) is 9.69 Å². The van der Waals surface area contributed by atoms with E-state index in [0.717, 1.165) is 38.0 Å². The van der Waals surface area contributed by atoms with E-state index in [9.17, 15) is 9.59 Å². The number of benzene rings is 2. The van der Waals surface area contributed by atoms with Gasteiger partial charge >= 0.3 is 5.97 Å². The molecule has 5 heteroatoms. The lowest BCUT2D eigenvalue weighted by molar-refractivity contribution is -0.157. The summed E-state index contributed by atoms with van der Waals surface area (Å²) in [6, 6.07) is 17.7. The van der Waals surface area contributed by atoms with Crippen LogP contribution in [0.3, 0.4) is 0 Å². The van der Waals surface area contributed by atoms with Crippen LogP contribution >= 0.6 is 0 Å². The van der Waals surface area contributed by atoms with Crippen molar-refractivity contribution in [3.63, 3.8) is 0 Å². The molecule has 2 bridgehead atoms. The Morgan fingerprint density at radius 3 is 2.35 bits per heavy atom. The van der Waals surface area contributed by atoms with Crippen LogP contribution in [0.4, 0.5) is 0 Å². The third-order valence-corrected chi connectivity index (χ3v) is 6.38. The maximum absolute atomic E-state index is 12.5. The Morgan fingerprint density at radius 1 is 1.03 bits per heavy atom. The minimum atomic E-state index is -0.284. The van der Waals surface area contributed by atoms with Crippen LogP contribution in [-0.2, 0) is 16.1 Å². The van der Waals surface area contributed by atoms with Gasteiger partial charge in [-0.15, -0.1) is 0 Å². The van der Waals surface area contributed by atoms with Crippen molar-refractivity contribution in [2.45, 2.75) is 31.9 Å². The van der Waals surface area contributed by atoms with Gasteiger partial charge in [-0.05, 0) is 42.2 Å². The van der Waals surface area contributed by atoms with Gasteiger partial charge in [0.25, 0.3) is 5.91 Å². The molecule has 0 radical (unpaired) electrons. The number of ether oxygens (including phenoxy) is 1. The zero-order valence-corrected chi connectivity index (χ0v) is 18.0. The van der Waals surface area contributed by atoms with Crippen molar-refractivity contribution in [1.29, 1.82) is 0 Å². The number of hydrogen-bond donors (Lipinski definition) is 1. The van der Waals surface area contributed by atoms with Gasteiger partial charge in [-0.2, -0.15) is 0 Å². The third-order valence-electron chi connectivity index (χ3n) is 6.38. The molecule has 2 atom stereocenters. The van der Waals surface area contributed by atoms with E-state index >= 15 is 0 Å². The third kappa shape index (κ3) is 5.42. The van der Waals surface area contributed by atoms with Crippen LogP contribution < -0.4 is 5.32 Å². The summed E-state index contributed by atoms with van der Waals surface area (Å²) in [6.45, 7) is 2.92. The Labute approximate surface area is 184 Å². The number of piperidine rings is 1. The number of nitrogens with one attached hydrogen (secondary N) is 1. The standard InChI is InChI=1S/C26H30N2O3/c1-27-26(30)21-13-10-19(11-14-21)12-15-24(29)31-25-22-8-5-9-23(25)18-28(17-22)16-20-6-3-2-4-7-20/h2-4,6-7,10-15,22-23,25H,5,8-9,16-18H2,1H3,(H,27,30)/b15-12+/t22-,23-/m0/s1. The van der Waals surface area contributed by atoms with Crippen LogP contribution in [0.1, 0.15) is 40.7 Å². The molecule has 162 valence electrons. The molecule has 2 aliphatic rings. The van der Waals surface area contributed by atoms with E-state index in [1.54, 1.807) is 25.3 Å². The van der Waals surface area contributed by atoms with E-state index < -0.39 is 0 Å². The van der Waals surface area contributed by atoms with Crippen LogP contribution in [0.15, 0.2) is 60.7 Å². The fourth-order valence-corrected chi connectivity index (χ4v) is 4.87. The Hall–Kier alpha value is -2.92. The molecule has 4 rings (SSSR count). The highest BCUT2D eigenvalue weighted by atomic mass is 16.5. The van der Waals surface area contributed by atoms with Gasteiger partial charge in [0.1, 0.15) is 6.10 Å². The summed E-state index contributed by atoms with van der Waals surface area (Å²) >= 11 is 0. The van der Waals surface area contributed by atoms with Crippen LogP contribution in [0.25, 0.3) is 6.08 Å². The summed E-state index contributed by atoms with van der Waals surface area (Å²) in [6.07, 6.45) is 6.70. The number of esters is 1. The number of nitrogens with zero attached hydrogens (tertiary/aromatic N) is 1. The molecular formula is C26H30N2O3. The van der Waals surface area contributed by atoms with Crippen LogP contribution in [0.2, 0.25) is 0 Å². The molecule has 5 nitrogen and oxygen atoms in total. The van der Waals surface area contributed by atoms with E-state index in [1.165, 1.54) is 18.1 Å². The number of carbonyl (C=O) groups excluding carboxylic acids is 2. The van der Waals surface area contributed by atoms with Gasteiger partial charge in [0.15, 0.2) is 0 Å². The number of carbonyl (C=O) groups is 2. The van der Waals surface area contributed by atoms with Gasteiger partial charge in [-0.25, -0.2) is 4.79 Å². The predicted molar refractivity (Wildman–Crippen MR) is 121 cm³/mol.